The van der Waals surface area contributed by atoms with Gasteiger partial charge in [-0.25, -0.2) is 9.50 Å². The number of aromatic nitrogens is 4. The lowest BCUT2D eigenvalue weighted by Crippen LogP contribution is -2.53. The van der Waals surface area contributed by atoms with Crippen LogP contribution < -0.4 is 5.32 Å². The van der Waals surface area contributed by atoms with Crippen molar-refractivity contribution in [1.29, 1.82) is 0 Å². The van der Waals surface area contributed by atoms with E-state index in [-0.39, 0.29) is 11.9 Å². The fourth-order valence-electron chi connectivity index (χ4n) is 6.75. The Morgan fingerprint density at radius 3 is 2.69 bits per heavy atom. The van der Waals surface area contributed by atoms with E-state index in [0.717, 1.165) is 49.5 Å². The Morgan fingerprint density at radius 2 is 1.95 bits per heavy atom. The molecule has 1 amide bonds. The number of piperidine rings is 1. The Hall–Kier alpha value is -2.79. The molecule has 2 fully saturated rings. The second-order valence-corrected chi connectivity index (χ2v) is 12.5. The van der Waals surface area contributed by atoms with E-state index in [1.54, 1.807) is 0 Å². The van der Waals surface area contributed by atoms with Crippen LogP contribution in [-0.2, 0) is 27.5 Å². The molecule has 3 aliphatic rings. The van der Waals surface area contributed by atoms with Crippen LogP contribution in [0.25, 0.3) is 27.1 Å². The Bertz CT molecular complexity index is 1570. The van der Waals surface area contributed by atoms with Crippen LogP contribution in [0.4, 0.5) is 0 Å². The molecule has 3 aliphatic heterocycles. The summed E-state index contributed by atoms with van der Waals surface area (Å²) in [4.78, 5) is 26.2. The minimum atomic E-state index is -0.198. The molecule has 2 N–H and O–H groups in total. The molecule has 0 radical (unpaired) electrons. The van der Waals surface area contributed by atoms with Crippen LogP contribution in [0.5, 0.6) is 0 Å². The monoisotopic (exact) mass is 548 g/mol. The molecule has 0 aliphatic carbocycles. The van der Waals surface area contributed by atoms with Crippen molar-refractivity contribution in [2.24, 2.45) is 0 Å². The molecule has 2 saturated heterocycles. The second-order valence-electron chi connectivity index (χ2n) is 11.5. The summed E-state index contributed by atoms with van der Waals surface area (Å²) in [5.74, 6) is 1.79. The molecule has 4 aromatic rings. The lowest BCUT2D eigenvalue weighted by atomic mass is 9.89. The summed E-state index contributed by atoms with van der Waals surface area (Å²) in [6.45, 7) is 13.5. The average molecular weight is 549 g/mol. The van der Waals surface area contributed by atoms with Crippen LogP contribution in [0.3, 0.4) is 0 Å². The van der Waals surface area contributed by atoms with Crippen molar-refractivity contribution in [3.63, 3.8) is 0 Å². The minimum Gasteiger partial charge on any atom is -0.378 e. The number of nitrogens with one attached hydrogen (secondary N) is 2. The number of pyridine rings is 1. The van der Waals surface area contributed by atoms with E-state index < -0.39 is 0 Å². The molecule has 7 rings (SSSR count). The van der Waals surface area contributed by atoms with Crippen LogP contribution in [0.1, 0.15) is 71.5 Å². The van der Waals surface area contributed by atoms with Crippen LogP contribution in [-0.4, -0.2) is 69.3 Å². The number of H-pyrrole nitrogens is 1. The highest BCUT2D eigenvalue weighted by Crippen LogP contribution is 2.47. The van der Waals surface area contributed by atoms with E-state index in [1.165, 1.54) is 43.0 Å². The summed E-state index contributed by atoms with van der Waals surface area (Å²) in [6.07, 6.45) is 4.12. The van der Waals surface area contributed by atoms with Gasteiger partial charge in [-0.3, -0.25) is 4.79 Å². The first kappa shape index (κ1) is 25.2. The molecule has 0 spiro atoms. The summed E-state index contributed by atoms with van der Waals surface area (Å²) in [6, 6.07) is -0.198. The fraction of sp³-hybridized carbons (Fsp3) is 0.552. The molecule has 206 valence electrons. The van der Waals surface area contributed by atoms with Gasteiger partial charge in [0.25, 0.3) is 0 Å². The Balaban J connectivity index is 1.22. The van der Waals surface area contributed by atoms with Crippen molar-refractivity contribution in [3.8, 4) is 11.3 Å². The third-order valence-corrected chi connectivity index (χ3v) is 10.0. The maximum atomic E-state index is 13.0. The second kappa shape index (κ2) is 9.69. The van der Waals surface area contributed by atoms with Gasteiger partial charge in [0, 0.05) is 47.2 Å². The predicted octanol–water partition coefficient (Wildman–Crippen LogP) is 4.40. The SMILES string of the molecule is Cc1nc2c3c(c(-c4[nH]c5sc(C6CCN(C(=O)[C@H]7COCCN7)CC6)c(C)c5c4C(C)C)cn2n1)COC3. The average Bonchev–Trinajstić information content (AvgIpc) is 3.71. The van der Waals surface area contributed by atoms with Crippen molar-refractivity contribution >= 4 is 33.1 Å². The highest BCUT2D eigenvalue weighted by atomic mass is 32.1. The molecule has 9 nitrogen and oxygen atoms in total. The topological polar surface area (TPSA) is 96.8 Å². The normalized spacial score (nSPS) is 20.5. The van der Waals surface area contributed by atoms with Gasteiger partial charge < -0.3 is 24.7 Å². The Labute approximate surface area is 231 Å². The molecule has 4 aromatic heterocycles. The molecule has 1 atom stereocenters. The summed E-state index contributed by atoms with van der Waals surface area (Å²) < 4.78 is 13.3. The highest BCUT2D eigenvalue weighted by Gasteiger charge is 2.33. The molecule has 7 heterocycles. The van der Waals surface area contributed by atoms with E-state index in [1.807, 2.05) is 27.7 Å². The highest BCUT2D eigenvalue weighted by molar-refractivity contribution is 7.19. The molecule has 0 aromatic carbocycles. The van der Waals surface area contributed by atoms with Gasteiger partial charge in [0.05, 0.1) is 32.1 Å². The number of aromatic amines is 1. The maximum absolute atomic E-state index is 13.0. The summed E-state index contributed by atoms with van der Waals surface area (Å²) in [5.41, 5.74) is 8.37. The van der Waals surface area contributed by atoms with Crippen molar-refractivity contribution < 1.29 is 14.3 Å². The maximum Gasteiger partial charge on any atom is 0.242 e. The fourth-order valence-corrected chi connectivity index (χ4v) is 8.14. The number of likely N-dealkylation sites (tertiary alicyclic amines) is 1. The zero-order chi connectivity index (χ0) is 26.8. The first-order valence-electron chi connectivity index (χ1n) is 14.1. The van der Waals surface area contributed by atoms with E-state index in [9.17, 15) is 4.79 Å². The number of ether oxygens (including phenoxy) is 2. The summed E-state index contributed by atoms with van der Waals surface area (Å²) >= 11 is 1.90. The van der Waals surface area contributed by atoms with Crippen molar-refractivity contribution in [2.45, 2.75) is 71.6 Å². The number of nitrogens with zero attached hydrogens (tertiary/aromatic N) is 4. The number of fused-ring (bicyclic) bond motifs is 4. The first-order chi connectivity index (χ1) is 18.9. The number of carbonyl (C=O) groups excluding carboxylic acids is 1. The van der Waals surface area contributed by atoms with E-state index in [2.05, 4.69) is 47.4 Å². The molecule has 10 heteroatoms. The van der Waals surface area contributed by atoms with Gasteiger partial charge in [0.1, 0.15) is 16.7 Å². The van der Waals surface area contributed by atoms with Gasteiger partial charge in [-0.15, -0.1) is 11.3 Å². The van der Waals surface area contributed by atoms with Gasteiger partial charge in [-0.1, -0.05) is 13.8 Å². The van der Waals surface area contributed by atoms with Crippen molar-refractivity contribution in [2.75, 3.05) is 32.8 Å². The van der Waals surface area contributed by atoms with Gasteiger partial charge in [-0.05, 0) is 55.2 Å². The van der Waals surface area contributed by atoms with E-state index >= 15 is 0 Å². The standard InChI is InChI=1S/C29H36N6O3S/c1-15(2)23-24-16(3)26(18-5-8-34(9-6-18)29(36)22-14-37-10-7-30-22)39-28(24)32-25(23)19-11-35-27(31-17(4)33-35)21-13-38-12-20(19)21/h11,15,18,22,30,32H,5-10,12-14H2,1-4H3/t22-/m1/s1. The molecule has 0 bridgehead atoms. The lowest BCUT2D eigenvalue weighted by molar-refractivity contribution is -0.137. The number of carbonyl (C=O) groups is 1. The first-order valence-corrected chi connectivity index (χ1v) is 14.9. The van der Waals surface area contributed by atoms with Crippen LogP contribution >= 0.6 is 11.3 Å². The van der Waals surface area contributed by atoms with Crippen LogP contribution in [0, 0.1) is 13.8 Å². The van der Waals surface area contributed by atoms with Gasteiger partial charge in [0.15, 0.2) is 5.65 Å². The van der Waals surface area contributed by atoms with Crippen molar-refractivity contribution in [1.82, 2.24) is 29.8 Å². The Kier molecular flexibility index (Phi) is 6.26. The zero-order valence-corrected chi connectivity index (χ0v) is 23.9. The van der Waals surface area contributed by atoms with Gasteiger partial charge in [0.2, 0.25) is 5.91 Å². The van der Waals surface area contributed by atoms with E-state index in [4.69, 9.17) is 9.47 Å². The largest absolute Gasteiger partial charge is 0.378 e. The quantitative estimate of drug-likeness (QED) is 0.392. The number of thiophene rings is 1. The molecule has 39 heavy (non-hydrogen) atoms. The third kappa shape index (κ3) is 4.11. The smallest absolute Gasteiger partial charge is 0.242 e. The summed E-state index contributed by atoms with van der Waals surface area (Å²) in [5, 5.41) is 9.31. The number of rotatable bonds is 4. The van der Waals surface area contributed by atoms with Gasteiger partial charge >= 0.3 is 0 Å². The number of amides is 1. The van der Waals surface area contributed by atoms with Crippen LogP contribution in [0.2, 0.25) is 0 Å². The van der Waals surface area contributed by atoms with Gasteiger partial charge in [-0.2, -0.15) is 5.10 Å². The van der Waals surface area contributed by atoms with E-state index in [0.29, 0.717) is 38.3 Å². The number of aryl methyl sites for hydroxylation is 2. The number of morpholine rings is 1. The number of hydrogen-bond donors (Lipinski definition) is 2. The van der Waals surface area contributed by atoms with Crippen molar-refractivity contribution in [3.05, 3.63) is 39.2 Å². The van der Waals surface area contributed by atoms with Crippen LogP contribution in [0.15, 0.2) is 6.20 Å². The number of hydrogen-bond acceptors (Lipinski definition) is 7. The lowest BCUT2D eigenvalue weighted by Gasteiger charge is -2.35. The molecular weight excluding hydrogens is 512 g/mol. The molecular formula is C29H36N6O3S. The summed E-state index contributed by atoms with van der Waals surface area (Å²) in [7, 11) is 0. The Morgan fingerprint density at radius 1 is 1.15 bits per heavy atom. The minimum absolute atomic E-state index is 0.186. The molecule has 0 unspecified atom stereocenters. The molecule has 0 saturated carbocycles. The predicted molar refractivity (Wildman–Crippen MR) is 151 cm³/mol. The zero-order valence-electron chi connectivity index (χ0n) is 23.1. The third-order valence-electron chi connectivity index (χ3n) is 8.65.